The van der Waals surface area contributed by atoms with Crippen LogP contribution in [0, 0.1) is 6.92 Å². The van der Waals surface area contributed by atoms with E-state index in [-0.39, 0.29) is 11.9 Å². The molecule has 2 rings (SSSR count). The highest BCUT2D eigenvalue weighted by atomic mass is 35.5. The van der Waals surface area contributed by atoms with E-state index >= 15 is 0 Å². The van der Waals surface area contributed by atoms with Crippen LogP contribution in [0.25, 0.3) is 0 Å². The molecule has 6 heteroatoms. The van der Waals surface area contributed by atoms with E-state index in [4.69, 9.17) is 23.2 Å². The Hall–Kier alpha value is -1.49. The summed E-state index contributed by atoms with van der Waals surface area (Å²) >= 11 is 12.0. The molecule has 0 fully saturated rings. The van der Waals surface area contributed by atoms with Crippen molar-refractivity contribution in [2.75, 3.05) is 20.6 Å². The summed E-state index contributed by atoms with van der Waals surface area (Å²) in [4.78, 5) is 14.5. The van der Waals surface area contributed by atoms with Gasteiger partial charge in [-0.1, -0.05) is 53.0 Å². The number of aromatic nitrogens is 1. The molecule has 1 aromatic heterocycles. The van der Waals surface area contributed by atoms with Gasteiger partial charge in [0.2, 0.25) is 0 Å². The lowest BCUT2D eigenvalue weighted by atomic mass is 10.0. The van der Waals surface area contributed by atoms with Crippen LogP contribution < -0.4 is 5.32 Å². The molecule has 2 aromatic rings. The van der Waals surface area contributed by atoms with Crippen LogP contribution >= 0.6 is 23.2 Å². The third kappa shape index (κ3) is 4.08. The lowest BCUT2D eigenvalue weighted by Gasteiger charge is -2.25. The molecule has 0 spiro atoms. The number of halogens is 2. The number of carbonyl (C=O) groups is 1. The van der Waals surface area contributed by atoms with E-state index in [0.717, 1.165) is 5.56 Å². The van der Waals surface area contributed by atoms with Crippen molar-refractivity contribution in [2.24, 2.45) is 7.05 Å². The van der Waals surface area contributed by atoms with Crippen LogP contribution in [0.4, 0.5) is 0 Å². The van der Waals surface area contributed by atoms with E-state index < -0.39 is 0 Å². The van der Waals surface area contributed by atoms with Gasteiger partial charge in [-0.3, -0.25) is 4.79 Å². The average molecular weight is 354 g/mol. The summed E-state index contributed by atoms with van der Waals surface area (Å²) in [6.45, 7) is 2.55. The smallest absolute Gasteiger partial charge is 0.268 e. The predicted molar refractivity (Wildman–Crippen MR) is 95.4 cm³/mol. The summed E-state index contributed by atoms with van der Waals surface area (Å²) in [5, 5.41) is 3.69. The van der Waals surface area contributed by atoms with E-state index in [9.17, 15) is 4.79 Å². The third-order valence-electron chi connectivity index (χ3n) is 3.89. The SMILES string of the molecule is Cc1ccc(C(CNC(=O)c2cc(Cl)c(Cl)n2C)N(C)C)cc1. The van der Waals surface area contributed by atoms with Crippen LogP contribution in [-0.4, -0.2) is 36.0 Å². The summed E-state index contributed by atoms with van der Waals surface area (Å²) in [5.41, 5.74) is 2.81. The fraction of sp³-hybridized carbons (Fsp3) is 0.353. The Balaban J connectivity index is 2.11. The van der Waals surface area contributed by atoms with Crippen molar-refractivity contribution < 1.29 is 4.79 Å². The monoisotopic (exact) mass is 353 g/mol. The zero-order valence-corrected chi connectivity index (χ0v) is 15.2. The average Bonchev–Trinajstić information content (AvgIpc) is 2.76. The van der Waals surface area contributed by atoms with Gasteiger partial charge in [-0.05, 0) is 32.6 Å². The van der Waals surface area contributed by atoms with E-state index in [1.165, 1.54) is 5.56 Å². The van der Waals surface area contributed by atoms with Crippen molar-refractivity contribution in [3.05, 3.63) is 57.3 Å². The Morgan fingerprint density at radius 1 is 1.26 bits per heavy atom. The molecular weight excluding hydrogens is 333 g/mol. The van der Waals surface area contributed by atoms with Gasteiger partial charge in [-0.2, -0.15) is 0 Å². The fourth-order valence-corrected chi connectivity index (χ4v) is 2.80. The molecule has 1 heterocycles. The van der Waals surface area contributed by atoms with Gasteiger partial charge in [-0.25, -0.2) is 0 Å². The van der Waals surface area contributed by atoms with E-state index in [0.29, 0.717) is 22.4 Å². The summed E-state index contributed by atoms with van der Waals surface area (Å²) in [6, 6.07) is 9.99. The minimum atomic E-state index is -0.194. The Kier molecular flexibility index (Phi) is 5.74. The summed E-state index contributed by atoms with van der Waals surface area (Å²) in [7, 11) is 5.70. The maximum atomic E-state index is 12.4. The van der Waals surface area contributed by atoms with E-state index in [1.54, 1.807) is 17.7 Å². The topological polar surface area (TPSA) is 37.3 Å². The molecule has 0 aliphatic heterocycles. The Bertz CT molecular complexity index is 693. The molecule has 23 heavy (non-hydrogen) atoms. The Morgan fingerprint density at radius 3 is 2.35 bits per heavy atom. The van der Waals surface area contributed by atoms with Crippen molar-refractivity contribution in [2.45, 2.75) is 13.0 Å². The molecule has 0 bridgehead atoms. The number of benzene rings is 1. The third-order valence-corrected chi connectivity index (χ3v) is 4.73. The molecular formula is C17H21Cl2N3O. The molecule has 124 valence electrons. The maximum Gasteiger partial charge on any atom is 0.268 e. The molecule has 1 atom stereocenters. The number of hydrogen-bond acceptors (Lipinski definition) is 2. The lowest BCUT2D eigenvalue weighted by Crippen LogP contribution is -2.35. The first-order chi connectivity index (χ1) is 10.8. The molecule has 1 aromatic carbocycles. The van der Waals surface area contributed by atoms with Crippen LogP contribution in [0.5, 0.6) is 0 Å². The van der Waals surface area contributed by atoms with Crippen LogP contribution in [0.2, 0.25) is 10.2 Å². The van der Waals surface area contributed by atoms with Crippen molar-refractivity contribution >= 4 is 29.1 Å². The normalized spacial score (nSPS) is 12.5. The van der Waals surface area contributed by atoms with Gasteiger partial charge in [0.25, 0.3) is 5.91 Å². The second-order valence-corrected chi connectivity index (χ2v) is 6.59. The van der Waals surface area contributed by atoms with Gasteiger partial charge in [-0.15, -0.1) is 0 Å². The second-order valence-electron chi connectivity index (χ2n) is 5.83. The predicted octanol–water partition coefficient (Wildman–Crippen LogP) is 3.67. The van der Waals surface area contributed by atoms with Gasteiger partial charge in [0.15, 0.2) is 0 Å². The molecule has 0 saturated carbocycles. The molecule has 0 aliphatic carbocycles. The van der Waals surface area contributed by atoms with Gasteiger partial charge in [0, 0.05) is 13.6 Å². The zero-order chi connectivity index (χ0) is 17.1. The summed E-state index contributed by atoms with van der Waals surface area (Å²) in [6.07, 6.45) is 0. The molecule has 0 radical (unpaired) electrons. The van der Waals surface area contributed by atoms with Crippen LogP contribution in [0.15, 0.2) is 30.3 Å². The Morgan fingerprint density at radius 2 is 1.87 bits per heavy atom. The first-order valence-electron chi connectivity index (χ1n) is 7.33. The lowest BCUT2D eigenvalue weighted by molar-refractivity contribution is 0.0934. The quantitative estimate of drug-likeness (QED) is 0.890. The molecule has 0 aliphatic rings. The highest BCUT2D eigenvalue weighted by Crippen LogP contribution is 2.25. The van der Waals surface area contributed by atoms with Crippen molar-refractivity contribution in [3.8, 4) is 0 Å². The molecule has 1 amide bonds. The molecule has 1 unspecified atom stereocenters. The number of likely N-dealkylation sites (N-methyl/N-ethyl adjacent to an activating group) is 1. The zero-order valence-electron chi connectivity index (χ0n) is 13.7. The number of aryl methyl sites for hydroxylation is 1. The van der Waals surface area contributed by atoms with Crippen molar-refractivity contribution in [3.63, 3.8) is 0 Å². The minimum Gasteiger partial charge on any atom is -0.349 e. The highest BCUT2D eigenvalue weighted by molar-refractivity contribution is 6.41. The maximum absolute atomic E-state index is 12.4. The summed E-state index contributed by atoms with van der Waals surface area (Å²) < 4.78 is 1.58. The number of rotatable bonds is 5. The Labute approximate surface area is 147 Å². The number of carbonyl (C=O) groups excluding carboxylic acids is 1. The van der Waals surface area contributed by atoms with Crippen molar-refractivity contribution in [1.29, 1.82) is 0 Å². The number of nitrogens with one attached hydrogen (secondary N) is 1. The molecule has 1 N–H and O–H groups in total. The van der Waals surface area contributed by atoms with E-state index in [1.807, 2.05) is 14.1 Å². The van der Waals surface area contributed by atoms with E-state index in [2.05, 4.69) is 41.4 Å². The standard InChI is InChI=1S/C17H21Cl2N3O/c1-11-5-7-12(8-6-11)15(21(2)3)10-20-17(23)14-9-13(18)16(19)22(14)4/h5-9,15H,10H2,1-4H3,(H,20,23). The van der Waals surface area contributed by atoms with Crippen LogP contribution in [0.3, 0.4) is 0 Å². The first-order valence-corrected chi connectivity index (χ1v) is 8.08. The van der Waals surface area contributed by atoms with Gasteiger partial charge in [0.1, 0.15) is 10.8 Å². The summed E-state index contributed by atoms with van der Waals surface area (Å²) in [5.74, 6) is -0.194. The van der Waals surface area contributed by atoms with Gasteiger partial charge >= 0.3 is 0 Å². The van der Waals surface area contributed by atoms with Gasteiger partial charge in [0.05, 0.1) is 11.1 Å². The minimum absolute atomic E-state index is 0.0887. The second kappa shape index (κ2) is 7.39. The largest absolute Gasteiger partial charge is 0.349 e. The first kappa shape index (κ1) is 17.9. The fourth-order valence-electron chi connectivity index (χ4n) is 2.43. The van der Waals surface area contributed by atoms with Gasteiger partial charge < -0.3 is 14.8 Å². The number of nitrogens with zero attached hydrogens (tertiary/aromatic N) is 2. The molecule has 0 saturated heterocycles. The number of amides is 1. The highest BCUT2D eigenvalue weighted by Gasteiger charge is 2.19. The number of hydrogen-bond donors (Lipinski definition) is 1. The van der Waals surface area contributed by atoms with Crippen LogP contribution in [0.1, 0.15) is 27.7 Å². The van der Waals surface area contributed by atoms with Crippen LogP contribution in [-0.2, 0) is 7.05 Å². The van der Waals surface area contributed by atoms with Crippen molar-refractivity contribution in [1.82, 2.24) is 14.8 Å². The molecule has 4 nitrogen and oxygen atoms in total.